The van der Waals surface area contributed by atoms with E-state index < -0.39 is 6.03 Å². The number of benzene rings is 1. The van der Waals surface area contributed by atoms with Gasteiger partial charge in [-0.1, -0.05) is 12.1 Å². The Bertz CT molecular complexity index is 667. The number of piperidine rings is 1. The van der Waals surface area contributed by atoms with Crippen LogP contribution >= 0.6 is 11.3 Å². The lowest BCUT2D eigenvalue weighted by atomic mass is 9.98. The van der Waals surface area contributed by atoms with Crippen LogP contribution in [0.4, 0.5) is 4.79 Å². The van der Waals surface area contributed by atoms with E-state index in [-0.39, 0.29) is 18.4 Å². The fraction of sp³-hybridized carbons (Fsp3) is 0.400. The predicted molar refractivity (Wildman–Crippen MR) is 85.8 cm³/mol. The number of nitrogens with zero attached hydrogens (tertiary/aromatic N) is 2. The van der Waals surface area contributed by atoms with Crippen LogP contribution in [0.3, 0.4) is 0 Å². The largest absolute Gasteiger partial charge is 0.352 e. The van der Waals surface area contributed by atoms with Crippen LogP contribution in [-0.4, -0.2) is 41.5 Å². The highest BCUT2D eigenvalue weighted by Crippen LogP contribution is 2.32. The number of nitrogens with two attached hydrogens (primary N) is 1. The fourth-order valence-electron chi connectivity index (χ4n) is 2.74. The Balaban J connectivity index is 1.69. The van der Waals surface area contributed by atoms with Crippen molar-refractivity contribution in [3.63, 3.8) is 0 Å². The van der Waals surface area contributed by atoms with Gasteiger partial charge < -0.3 is 16.0 Å². The molecule has 0 aliphatic carbocycles. The summed E-state index contributed by atoms with van der Waals surface area (Å²) in [5.41, 5.74) is 6.02. The molecule has 2 heterocycles. The Kier molecular flexibility index (Phi) is 4.24. The third kappa shape index (κ3) is 3.19. The normalized spacial score (nSPS) is 18.4. The lowest BCUT2D eigenvalue weighted by Crippen LogP contribution is -2.45. The van der Waals surface area contributed by atoms with Gasteiger partial charge in [0.1, 0.15) is 0 Å². The first kappa shape index (κ1) is 14.8. The molecule has 1 aliphatic rings. The van der Waals surface area contributed by atoms with E-state index >= 15 is 0 Å². The first-order chi connectivity index (χ1) is 10.6. The van der Waals surface area contributed by atoms with Gasteiger partial charge in [-0.2, -0.15) is 0 Å². The zero-order valence-electron chi connectivity index (χ0n) is 12.1. The second-order valence-corrected chi connectivity index (χ2v) is 6.48. The highest BCUT2D eigenvalue weighted by atomic mass is 32.1. The number of urea groups is 1. The maximum absolute atomic E-state index is 12.1. The van der Waals surface area contributed by atoms with Crippen molar-refractivity contribution in [2.24, 2.45) is 5.73 Å². The number of primary amides is 1. The number of carbonyl (C=O) groups excluding carboxylic acids is 2. The topological polar surface area (TPSA) is 88.3 Å². The van der Waals surface area contributed by atoms with E-state index in [0.717, 1.165) is 29.9 Å². The minimum Gasteiger partial charge on any atom is -0.352 e. The standard InChI is InChI=1S/C15H18N4O2S/c16-15(21)17-8-13(20)19-7-3-4-10(9-19)14-18-11-5-1-2-6-12(11)22-14/h1-2,5-6,10H,3-4,7-9H2,(H3,16,17,21)/t10-/m0/s1. The summed E-state index contributed by atoms with van der Waals surface area (Å²) < 4.78 is 1.18. The van der Waals surface area contributed by atoms with Gasteiger partial charge in [0.25, 0.3) is 0 Å². The molecular weight excluding hydrogens is 300 g/mol. The molecule has 0 bridgehead atoms. The second-order valence-electron chi connectivity index (χ2n) is 5.42. The number of carbonyl (C=O) groups is 2. The molecule has 3 amide bonds. The van der Waals surface area contributed by atoms with Crippen LogP contribution in [0.5, 0.6) is 0 Å². The van der Waals surface area contributed by atoms with Gasteiger partial charge in [0.15, 0.2) is 0 Å². The number of hydrogen-bond acceptors (Lipinski definition) is 4. The number of rotatable bonds is 3. The van der Waals surface area contributed by atoms with Crippen LogP contribution in [0, 0.1) is 0 Å². The molecule has 7 heteroatoms. The van der Waals surface area contributed by atoms with E-state index in [2.05, 4.69) is 11.4 Å². The van der Waals surface area contributed by atoms with E-state index in [0.29, 0.717) is 6.54 Å². The molecule has 0 radical (unpaired) electrons. The summed E-state index contributed by atoms with van der Waals surface area (Å²) in [7, 11) is 0. The molecule has 3 rings (SSSR count). The average molecular weight is 318 g/mol. The van der Waals surface area contributed by atoms with Gasteiger partial charge in [-0.15, -0.1) is 11.3 Å². The fourth-order valence-corrected chi connectivity index (χ4v) is 3.84. The summed E-state index contributed by atoms with van der Waals surface area (Å²) in [6.45, 7) is 1.33. The summed E-state index contributed by atoms with van der Waals surface area (Å²) in [6.07, 6.45) is 1.98. The smallest absolute Gasteiger partial charge is 0.312 e. The summed E-state index contributed by atoms with van der Waals surface area (Å²) in [4.78, 5) is 29.3. The Morgan fingerprint density at radius 2 is 2.23 bits per heavy atom. The van der Waals surface area contributed by atoms with Crippen LogP contribution in [0.25, 0.3) is 10.2 Å². The molecule has 1 saturated heterocycles. The maximum Gasteiger partial charge on any atom is 0.312 e. The molecule has 116 valence electrons. The predicted octanol–water partition coefficient (Wildman–Crippen LogP) is 1.67. The molecule has 0 unspecified atom stereocenters. The van der Waals surface area contributed by atoms with Crippen molar-refractivity contribution in [3.05, 3.63) is 29.3 Å². The average Bonchev–Trinajstić information content (AvgIpc) is 2.96. The summed E-state index contributed by atoms with van der Waals surface area (Å²) in [6, 6.07) is 7.40. The summed E-state index contributed by atoms with van der Waals surface area (Å²) in [5.74, 6) is 0.174. The Hall–Kier alpha value is -2.15. The minimum absolute atomic E-state index is 0.0398. The van der Waals surface area contributed by atoms with E-state index in [9.17, 15) is 9.59 Å². The molecule has 1 fully saturated rings. The number of para-hydroxylation sites is 1. The Morgan fingerprint density at radius 3 is 3.00 bits per heavy atom. The molecule has 1 atom stereocenters. The molecule has 1 aromatic heterocycles. The van der Waals surface area contributed by atoms with E-state index in [4.69, 9.17) is 10.7 Å². The third-order valence-corrected chi connectivity index (χ3v) is 5.05. The molecular formula is C15H18N4O2S. The first-order valence-electron chi connectivity index (χ1n) is 7.30. The molecule has 22 heavy (non-hydrogen) atoms. The highest BCUT2D eigenvalue weighted by molar-refractivity contribution is 7.18. The SMILES string of the molecule is NC(=O)NCC(=O)N1CCC[C@H](c2nc3ccccc3s2)C1. The van der Waals surface area contributed by atoms with E-state index in [1.165, 1.54) is 4.70 Å². The quantitative estimate of drug-likeness (QED) is 0.902. The van der Waals surface area contributed by atoms with Crippen LogP contribution in [0.15, 0.2) is 24.3 Å². The van der Waals surface area contributed by atoms with Crippen molar-refractivity contribution in [3.8, 4) is 0 Å². The van der Waals surface area contributed by atoms with Crippen LogP contribution in [-0.2, 0) is 4.79 Å². The van der Waals surface area contributed by atoms with Gasteiger partial charge in [0, 0.05) is 19.0 Å². The van der Waals surface area contributed by atoms with E-state index in [1.807, 2.05) is 18.2 Å². The lowest BCUT2D eigenvalue weighted by Gasteiger charge is -2.31. The van der Waals surface area contributed by atoms with Crippen molar-refractivity contribution >= 4 is 33.5 Å². The number of likely N-dealkylation sites (tertiary alicyclic amines) is 1. The third-order valence-electron chi connectivity index (χ3n) is 3.85. The number of aromatic nitrogens is 1. The van der Waals surface area contributed by atoms with Crippen LogP contribution < -0.4 is 11.1 Å². The van der Waals surface area contributed by atoms with Gasteiger partial charge >= 0.3 is 6.03 Å². The van der Waals surface area contributed by atoms with Crippen LogP contribution in [0.1, 0.15) is 23.8 Å². The second kappa shape index (κ2) is 6.31. The van der Waals surface area contributed by atoms with Gasteiger partial charge in [0.05, 0.1) is 21.8 Å². The number of thiazole rings is 1. The van der Waals surface area contributed by atoms with Gasteiger partial charge in [-0.25, -0.2) is 9.78 Å². The summed E-state index contributed by atoms with van der Waals surface area (Å²) in [5, 5.41) is 3.44. The highest BCUT2D eigenvalue weighted by Gasteiger charge is 2.26. The summed E-state index contributed by atoms with van der Waals surface area (Å²) >= 11 is 1.70. The van der Waals surface area contributed by atoms with Gasteiger partial charge in [-0.05, 0) is 25.0 Å². The monoisotopic (exact) mass is 318 g/mol. The molecule has 0 saturated carbocycles. The van der Waals surface area contributed by atoms with Crippen LogP contribution in [0.2, 0.25) is 0 Å². The molecule has 1 aliphatic heterocycles. The molecule has 6 nitrogen and oxygen atoms in total. The number of fused-ring (bicyclic) bond motifs is 1. The first-order valence-corrected chi connectivity index (χ1v) is 8.11. The van der Waals surface area contributed by atoms with Crippen molar-refractivity contribution < 1.29 is 9.59 Å². The van der Waals surface area contributed by atoms with E-state index in [1.54, 1.807) is 16.2 Å². The maximum atomic E-state index is 12.1. The minimum atomic E-state index is -0.673. The lowest BCUT2D eigenvalue weighted by molar-refractivity contribution is -0.131. The Labute approximate surface area is 132 Å². The number of nitrogens with one attached hydrogen (secondary N) is 1. The number of hydrogen-bond donors (Lipinski definition) is 2. The zero-order chi connectivity index (χ0) is 15.5. The van der Waals surface area contributed by atoms with Crippen molar-refractivity contribution in [2.75, 3.05) is 19.6 Å². The molecule has 1 aromatic carbocycles. The van der Waals surface area contributed by atoms with Crippen molar-refractivity contribution in [2.45, 2.75) is 18.8 Å². The van der Waals surface area contributed by atoms with Crippen molar-refractivity contribution in [1.82, 2.24) is 15.2 Å². The zero-order valence-corrected chi connectivity index (χ0v) is 12.9. The molecule has 2 aromatic rings. The Morgan fingerprint density at radius 1 is 1.41 bits per heavy atom. The van der Waals surface area contributed by atoms with Crippen molar-refractivity contribution in [1.29, 1.82) is 0 Å². The van der Waals surface area contributed by atoms with Gasteiger partial charge in [0.2, 0.25) is 5.91 Å². The molecule has 3 N–H and O–H groups in total. The van der Waals surface area contributed by atoms with Gasteiger partial charge in [-0.3, -0.25) is 4.79 Å². The number of amides is 3. The molecule has 0 spiro atoms.